The van der Waals surface area contributed by atoms with Gasteiger partial charge in [0.25, 0.3) is 5.76 Å². The highest BCUT2D eigenvalue weighted by Crippen LogP contribution is 2.27. The van der Waals surface area contributed by atoms with Crippen molar-refractivity contribution in [3.63, 3.8) is 0 Å². The van der Waals surface area contributed by atoms with Crippen LogP contribution in [-0.2, 0) is 4.74 Å². The number of carbonyl (C=O) groups excluding carboxylic acids is 1. The first kappa shape index (κ1) is 16.7. The van der Waals surface area contributed by atoms with Crippen molar-refractivity contribution in [2.24, 2.45) is 0 Å². The minimum atomic E-state index is -2.47. The molecule has 1 aromatic rings. The number of alkyl halides is 2. The number of carbonyl (C=O) groups is 1. The Balaban J connectivity index is 2.34. The Morgan fingerprint density at radius 1 is 1.45 bits per heavy atom. The van der Waals surface area contributed by atoms with E-state index in [2.05, 4.69) is 10.6 Å². The maximum Gasteiger partial charge on any atom is 0.319 e. The number of thioether (sulfide) groups is 1. The van der Waals surface area contributed by atoms with E-state index < -0.39 is 5.76 Å². The number of hydrogen-bond donors (Lipinski definition) is 2. The van der Waals surface area contributed by atoms with E-state index in [1.54, 1.807) is 18.2 Å². The Morgan fingerprint density at radius 3 is 2.95 bits per heavy atom. The third kappa shape index (κ3) is 7.30. The van der Waals surface area contributed by atoms with Gasteiger partial charge < -0.3 is 15.4 Å². The van der Waals surface area contributed by atoms with Crippen LogP contribution >= 0.6 is 11.8 Å². The first-order chi connectivity index (χ1) is 9.61. The van der Waals surface area contributed by atoms with E-state index in [-0.39, 0.29) is 6.03 Å². The highest BCUT2D eigenvalue weighted by Gasteiger charge is 2.06. The van der Waals surface area contributed by atoms with Crippen molar-refractivity contribution in [3.05, 3.63) is 24.3 Å². The molecule has 0 fully saturated rings. The van der Waals surface area contributed by atoms with Crippen molar-refractivity contribution < 1.29 is 18.3 Å². The van der Waals surface area contributed by atoms with Gasteiger partial charge in [-0.15, -0.1) is 0 Å². The van der Waals surface area contributed by atoms with Crippen LogP contribution in [0.5, 0.6) is 0 Å². The van der Waals surface area contributed by atoms with Crippen molar-refractivity contribution in [2.75, 3.05) is 25.1 Å². The molecule has 0 saturated carbocycles. The quantitative estimate of drug-likeness (QED) is 0.570. The number of ether oxygens (including phenoxy) is 1. The van der Waals surface area contributed by atoms with Gasteiger partial charge in [-0.3, -0.25) is 0 Å². The molecule has 2 amide bonds. The van der Waals surface area contributed by atoms with Crippen LogP contribution in [-0.4, -0.2) is 31.5 Å². The summed E-state index contributed by atoms with van der Waals surface area (Å²) in [5.41, 5.74) is 0.484. The molecular formula is C13H18F2N2O2S. The normalized spacial score (nSPS) is 10.6. The topological polar surface area (TPSA) is 50.4 Å². The number of nitrogens with one attached hydrogen (secondary N) is 2. The second-order valence-corrected chi connectivity index (χ2v) is 4.90. The Labute approximate surface area is 121 Å². The molecule has 2 N–H and O–H groups in total. The van der Waals surface area contributed by atoms with E-state index in [1.807, 2.05) is 6.92 Å². The maximum absolute atomic E-state index is 12.2. The van der Waals surface area contributed by atoms with Gasteiger partial charge in [0, 0.05) is 30.3 Å². The van der Waals surface area contributed by atoms with Gasteiger partial charge in [0.1, 0.15) is 0 Å². The van der Waals surface area contributed by atoms with Gasteiger partial charge in [-0.1, -0.05) is 17.8 Å². The fourth-order valence-electron chi connectivity index (χ4n) is 1.45. The third-order valence-corrected chi connectivity index (χ3v) is 2.98. The molecule has 0 aromatic heterocycles. The van der Waals surface area contributed by atoms with E-state index in [0.29, 0.717) is 42.1 Å². The molecule has 112 valence electrons. The molecule has 1 aromatic carbocycles. The summed E-state index contributed by atoms with van der Waals surface area (Å²) in [5, 5.41) is 5.26. The van der Waals surface area contributed by atoms with E-state index in [4.69, 9.17) is 4.74 Å². The Kier molecular flexibility index (Phi) is 7.98. The number of urea groups is 1. The number of halogens is 2. The SMILES string of the molecule is CCOCCCNC(=O)Nc1cccc(SC(F)F)c1. The van der Waals surface area contributed by atoms with Gasteiger partial charge >= 0.3 is 6.03 Å². The minimum absolute atomic E-state index is 0.360. The fraction of sp³-hybridized carbons (Fsp3) is 0.462. The summed E-state index contributed by atoms with van der Waals surface area (Å²) in [4.78, 5) is 12.0. The number of benzene rings is 1. The lowest BCUT2D eigenvalue weighted by molar-refractivity contribution is 0.145. The molecule has 7 heteroatoms. The first-order valence-electron chi connectivity index (χ1n) is 6.29. The summed E-state index contributed by atoms with van der Waals surface area (Å²) < 4.78 is 29.6. The summed E-state index contributed by atoms with van der Waals surface area (Å²) >= 11 is 0.445. The van der Waals surface area contributed by atoms with Crippen LogP contribution in [0.4, 0.5) is 19.3 Å². The van der Waals surface area contributed by atoms with E-state index in [1.165, 1.54) is 6.07 Å². The van der Waals surface area contributed by atoms with E-state index in [0.717, 1.165) is 6.42 Å². The van der Waals surface area contributed by atoms with Crippen molar-refractivity contribution in [1.29, 1.82) is 0 Å². The van der Waals surface area contributed by atoms with Crippen LogP contribution in [0.1, 0.15) is 13.3 Å². The fourth-order valence-corrected chi connectivity index (χ4v) is 2.00. The Morgan fingerprint density at radius 2 is 2.25 bits per heavy atom. The molecule has 0 aliphatic carbocycles. The van der Waals surface area contributed by atoms with Crippen LogP contribution < -0.4 is 10.6 Å². The molecule has 0 heterocycles. The molecule has 0 spiro atoms. The third-order valence-electron chi connectivity index (χ3n) is 2.27. The van der Waals surface area contributed by atoms with Crippen molar-refractivity contribution in [2.45, 2.75) is 24.0 Å². The van der Waals surface area contributed by atoms with Gasteiger partial charge in [0.15, 0.2) is 0 Å². The number of hydrogen-bond acceptors (Lipinski definition) is 3. The second kappa shape index (κ2) is 9.55. The Hall–Kier alpha value is -1.34. The zero-order chi connectivity index (χ0) is 14.8. The van der Waals surface area contributed by atoms with Crippen LogP contribution in [0.15, 0.2) is 29.2 Å². The average Bonchev–Trinajstić information content (AvgIpc) is 2.38. The number of amides is 2. The minimum Gasteiger partial charge on any atom is -0.382 e. The lowest BCUT2D eigenvalue weighted by Crippen LogP contribution is -2.30. The monoisotopic (exact) mass is 304 g/mol. The molecule has 20 heavy (non-hydrogen) atoms. The van der Waals surface area contributed by atoms with Crippen molar-refractivity contribution >= 4 is 23.5 Å². The molecule has 0 atom stereocenters. The molecule has 0 radical (unpaired) electrons. The van der Waals surface area contributed by atoms with Gasteiger partial charge in [0.2, 0.25) is 0 Å². The average molecular weight is 304 g/mol. The highest BCUT2D eigenvalue weighted by atomic mass is 32.2. The summed E-state index contributed by atoms with van der Waals surface area (Å²) in [5.74, 6) is -2.47. The lowest BCUT2D eigenvalue weighted by Gasteiger charge is -2.09. The molecule has 4 nitrogen and oxygen atoms in total. The van der Waals surface area contributed by atoms with Crippen LogP contribution in [0.2, 0.25) is 0 Å². The van der Waals surface area contributed by atoms with E-state index in [9.17, 15) is 13.6 Å². The van der Waals surface area contributed by atoms with Gasteiger partial charge in [-0.2, -0.15) is 8.78 Å². The second-order valence-electron chi connectivity index (χ2n) is 3.84. The molecule has 0 aliphatic rings. The Bertz CT molecular complexity index is 419. The standard InChI is InChI=1S/C13H18F2N2O2S/c1-2-19-8-4-7-16-13(18)17-10-5-3-6-11(9-10)20-12(14)15/h3,5-6,9,12H,2,4,7-8H2,1H3,(H2,16,17,18). The lowest BCUT2D eigenvalue weighted by atomic mass is 10.3. The zero-order valence-electron chi connectivity index (χ0n) is 11.2. The molecule has 0 aliphatic heterocycles. The predicted molar refractivity (Wildman–Crippen MR) is 76.4 cm³/mol. The predicted octanol–water partition coefficient (Wildman–Crippen LogP) is 3.55. The van der Waals surface area contributed by atoms with Gasteiger partial charge in [-0.25, -0.2) is 4.79 Å². The number of anilines is 1. The summed E-state index contributed by atoms with van der Waals surface area (Å²) in [7, 11) is 0. The van der Waals surface area contributed by atoms with Gasteiger partial charge in [-0.05, 0) is 31.5 Å². The van der Waals surface area contributed by atoms with Crippen molar-refractivity contribution in [3.8, 4) is 0 Å². The molecule has 0 bridgehead atoms. The van der Waals surface area contributed by atoms with Crippen LogP contribution in [0.3, 0.4) is 0 Å². The summed E-state index contributed by atoms with van der Waals surface area (Å²) in [6, 6.07) is 5.99. The summed E-state index contributed by atoms with van der Waals surface area (Å²) in [6.45, 7) is 3.65. The smallest absolute Gasteiger partial charge is 0.319 e. The maximum atomic E-state index is 12.2. The zero-order valence-corrected chi connectivity index (χ0v) is 12.0. The van der Waals surface area contributed by atoms with Gasteiger partial charge in [0.05, 0.1) is 0 Å². The molecule has 0 saturated heterocycles. The van der Waals surface area contributed by atoms with E-state index >= 15 is 0 Å². The molecular weight excluding hydrogens is 286 g/mol. The molecule has 0 unspecified atom stereocenters. The first-order valence-corrected chi connectivity index (χ1v) is 7.17. The number of rotatable bonds is 8. The molecule has 1 rings (SSSR count). The van der Waals surface area contributed by atoms with Crippen LogP contribution in [0, 0.1) is 0 Å². The highest BCUT2D eigenvalue weighted by molar-refractivity contribution is 7.99. The van der Waals surface area contributed by atoms with Crippen molar-refractivity contribution in [1.82, 2.24) is 5.32 Å². The summed E-state index contributed by atoms with van der Waals surface area (Å²) in [6.07, 6.45) is 0.725. The van der Waals surface area contributed by atoms with Crippen LogP contribution in [0.25, 0.3) is 0 Å². The largest absolute Gasteiger partial charge is 0.382 e.